The molecule has 0 fully saturated rings. The topological polar surface area (TPSA) is 87.2 Å². The summed E-state index contributed by atoms with van der Waals surface area (Å²) in [5, 5.41) is 11.0. The number of H-pyrrole nitrogens is 1. The molecule has 0 radical (unpaired) electrons. The molecule has 2 aromatic carbocycles. The molecular formula is C20H11NO4S2. The largest absolute Gasteiger partial charge is 0.508 e. The molecule has 3 aromatic rings. The number of Topliss-reactive ketones (excluding diaryl/α,β-unsaturated/α-hetero) is 2. The Morgan fingerprint density at radius 3 is 2.30 bits per heavy atom. The number of rotatable bonds is 1. The highest BCUT2D eigenvalue weighted by atomic mass is 32.2. The van der Waals surface area contributed by atoms with Crippen LogP contribution in [-0.4, -0.2) is 21.7 Å². The third kappa shape index (κ3) is 2.28. The number of thioether (sulfide) groups is 1. The van der Waals surface area contributed by atoms with Crippen LogP contribution in [0.5, 0.6) is 5.75 Å². The van der Waals surface area contributed by atoms with Crippen molar-refractivity contribution in [3.05, 3.63) is 90.2 Å². The van der Waals surface area contributed by atoms with Gasteiger partial charge in [0.1, 0.15) is 5.75 Å². The van der Waals surface area contributed by atoms with E-state index in [1.807, 2.05) is 0 Å². The lowest BCUT2D eigenvalue weighted by molar-refractivity contribution is 0.0977. The highest BCUT2D eigenvalue weighted by Crippen LogP contribution is 2.52. The van der Waals surface area contributed by atoms with Crippen LogP contribution in [-0.2, 0) is 0 Å². The number of carbonyl (C=O) groups excluding carboxylic acids is 2. The van der Waals surface area contributed by atoms with Crippen LogP contribution in [0.1, 0.15) is 37.1 Å². The zero-order valence-corrected chi connectivity index (χ0v) is 15.3. The van der Waals surface area contributed by atoms with Crippen LogP contribution < -0.4 is 4.87 Å². The van der Waals surface area contributed by atoms with E-state index in [-0.39, 0.29) is 22.2 Å². The Hall–Kier alpha value is -2.90. The second-order valence-electron chi connectivity index (χ2n) is 6.25. The van der Waals surface area contributed by atoms with Crippen LogP contribution in [0.2, 0.25) is 0 Å². The molecule has 27 heavy (non-hydrogen) atoms. The molecule has 2 aliphatic rings. The number of ketones is 2. The standard InChI is InChI=1S/C20H11NO4S2/c22-12-8-4-3-7-11(12)13-14-15(23)9-5-1-2-6-10(9)16(24)17(14)26-19-18(13)27-20(25)21-19/h1-8,13,22H,(H,21,25)/t13-/m1/s1. The van der Waals surface area contributed by atoms with E-state index in [9.17, 15) is 19.5 Å². The van der Waals surface area contributed by atoms with Crippen LogP contribution in [0.15, 0.2) is 68.8 Å². The molecule has 0 bridgehead atoms. The van der Waals surface area contributed by atoms with Gasteiger partial charge in [0.15, 0.2) is 5.78 Å². The molecule has 0 spiro atoms. The van der Waals surface area contributed by atoms with E-state index < -0.39 is 5.92 Å². The van der Waals surface area contributed by atoms with Crippen LogP contribution in [0.3, 0.4) is 0 Å². The van der Waals surface area contributed by atoms with Gasteiger partial charge in [0, 0.05) is 22.3 Å². The summed E-state index contributed by atoms with van der Waals surface area (Å²) in [4.78, 5) is 41.9. The van der Waals surface area contributed by atoms with E-state index >= 15 is 0 Å². The number of aromatic amines is 1. The highest BCUT2D eigenvalue weighted by molar-refractivity contribution is 8.04. The molecule has 1 atom stereocenters. The molecule has 2 N–H and O–H groups in total. The van der Waals surface area contributed by atoms with Gasteiger partial charge in [-0.05, 0) is 6.07 Å². The minimum absolute atomic E-state index is 0.0205. The van der Waals surface area contributed by atoms with Crippen LogP contribution in [0.4, 0.5) is 0 Å². The molecular weight excluding hydrogens is 382 g/mol. The number of hydrogen-bond acceptors (Lipinski definition) is 6. The third-order valence-electron chi connectivity index (χ3n) is 4.76. The molecule has 132 valence electrons. The number of fused-ring (bicyclic) bond motifs is 2. The fourth-order valence-corrected chi connectivity index (χ4v) is 5.85. The predicted octanol–water partition coefficient (Wildman–Crippen LogP) is 3.71. The first-order valence-electron chi connectivity index (χ1n) is 8.17. The van der Waals surface area contributed by atoms with E-state index in [1.165, 1.54) is 6.07 Å². The van der Waals surface area contributed by atoms with Crippen molar-refractivity contribution in [2.45, 2.75) is 10.9 Å². The Morgan fingerprint density at radius 2 is 1.56 bits per heavy atom. The van der Waals surface area contributed by atoms with Crippen molar-refractivity contribution in [3.63, 3.8) is 0 Å². The molecule has 5 rings (SSSR count). The first-order chi connectivity index (χ1) is 13.1. The van der Waals surface area contributed by atoms with Crippen molar-refractivity contribution in [2.24, 2.45) is 0 Å². The summed E-state index contributed by atoms with van der Waals surface area (Å²) in [6, 6.07) is 13.4. The smallest absolute Gasteiger partial charge is 0.305 e. The normalized spacial score (nSPS) is 18.1. The van der Waals surface area contributed by atoms with Crippen molar-refractivity contribution < 1.29 is 14.7 Å². The lowest BCUT2D eigenvalue weighted by atomic mass is 9.79. The minimum atomic E-state index is -0.661. The maximum atomic E-state index is 13.3. The molecule has 2 heterocycles. The number of allylic oxidation sites excluding steroid dienone is 2. The Kier molecular flexibility index (Phi) is 3.50. The van der Waals surface area contributed by atoms with Crippen molar-refractivity contribution in [2.75, 3.05) is 0 Å². The maximum Gasteiger partial charge on any atom is 0.305 e. The van der Waals surface area contributed by atoms with Gasteiger partial charge in [0.05, 0.1) is 20.7 Å². The summed E-state index contributed by atoms with van der Waals surface area (Å²) in [5.41, 5.74) is 1.55. The van der Waals surface area contributed by atoms with Gasteiger partial charge < -0.3 is 10.1 Å². The first kappa shape index (κ1) is 16.3. The molecule has 0 saturated carbocycles. The second kappa shape index (κ2) is 5.80. The highest BCUT2D eigenvalue weighted by Gasteiger charge is 2.43. The van der Waals surface area contributed by atoms with E-state index in [0.717, 1.165) is 23.1 Å². The van der Waals surface area contributed by atoms with Crippen LogP contribution in [0, 0.1) is 0 Å². The summed E-state index contributed by atoms with van der Waals surface area (Å²) in [5.74, 6) is -1.12. The molecule has 0 amide bonds. The molecule has 0 unspecified atom stereocenters. The van der Waals surface area contributed by atoms with Crippen molar-refractivity contribution in [1.82, 2.24) is 4.98 Å². The number of phenolic OH excluding ortho intramolecular Hbond substituents is 1. The van der Waals surface area contributed by atoms with Gasteiger partial charge in [0.2, 0.25) is 5.78 Å². The van der Waals surface area contributed by atoms with Crippen molar-refractivity contribution in [3.8, 4) is 5.75 Å². The number of carbonyl (C=O) groups is 2. The lowest BCUT2D eigenvalue weighted by Crippen LogP contribution is -2.27. The van der Waals surface area contributed by atoms with E-state index in [4.69, 9.17) is 0 Å². The molecule has 5 nitrogen and oxygen atoms in total. The van der Waals surface area contributed by atoms with Gasteiger partial charge in [-0.15, -0.1) is 0 Å². The molecule has 7 heteroatoms. The monoisotopic (exact) mass is 393 g/mol. The van der Waals surface area contributed by atoms with Gasteiger partial charge in [0.25, 0.3) is 0 Å². The van der Waals surface area contributed by atoms with E-state index in [1.54, 1.807) is 42.5 Å². The summed E-state index contributed by atoms with van der Waals surface area (Å²) in [6.07, 6.45) is 0. The average molecular weight is 393 g/mol. The zero-order valence-electron chi connectivity index (χ0n) is 13.7. The molecule has 1 aliphatic carbocycles. The minimum Gasteiger partial charge on any atom is -0.508 e. The van der Waals surface area contributed by atoms with Gasteiger partial charge >= 0.3 is 4.87 Å². The fraction of sp³-hybridized carbons (Fsp3) is 0.0500. The van der Waals surface area contributed by atoms with Crippen LogP contribution >= 0.6 is 23.1 Å². The molecule has 1 aromatic heterocycles. The predicted molar refractivity (Wildman–Crippen MR) is 103 cm³/mol. The molecule has 1 aliphatic heterocycles. The van der Waals surface area contributed by atoms with Gasteiger partial charge in [-0.2, -0.15) is 0 Å². The zero-order chi connectivity index (χ0) is 18.7. The number of para-hydroxylation sites is 1. The van der Waals surface area contributed by atoms with Gasteiger partial charge in [-0.25, -0.2) is 0 Å². The number of thiazole rings is 1. The number of hydrogen-bond donors (Lipinski definition) is 2. The second-order valence-corrected chi connectivity index (χ2v) is 8.28. The Labute approximate surface area is 161 Å². The van der Waals surface area contributed by atoms with Crippen molar-refractivity contribution >= 4 is 34.7 Å². The van der Waals surface area contributed by atoms with Crippen molar-refractivity contribution in [1.29, 1.82) is 0 Å². The third-order valence-corrected chi connectivity index (χ3v) is 6.97. The SMILES string of the molecule is O=C1C2=C(C(=O)c3ccccc31)[C@@H](c1ccccc1O)c1sc(=O)[nH]c1S2. The summed E-state index contributed by atoms with van der Waals surface area (Å²) in [6.45, 7) is 0. The number of aromatic hydroxyl groups is 1. The summed E-state index contributed by atoms with van der Waals surface area (Å²) < 4.78 is 0. The Morgan fingerprint density at radius 1 is 0.889 bits per heavy atom. The summed E-state index contributed by atoms with van der Waals surface area (Å²) >= 11 is 2.13. The van der Waals surface area contributed by atoms with E-state index in [2.05, 4.69) is 4.98 Å². The summed E-state index contributed by atoms with van der Waals surface area (Å²) in [7, 11) is 0. The number of aromatic nitrogens is 1. The number of nitrogens with one attached hydrogen (secondary N) is 1. The van der Waals surface area contributed by atoms with Gasteiger partial charge in [-0.1, -0.05) is 65.6 Å². The quantitative estimate of drug-likeness (QED) is 0.658. The van der Waals surface area contributed by atoms with Crippen LogP contribution in [0.25, 0.3) is 0 Å². The first-order valence-corrected chi connectivity index (χ1v) is 9.81. The Bertz CT molecular complexity index is 1230. The number of phenols is 1. The fourth-order valence-electron chi connectivity index (χ4n) is 3.59. The lowest BCUT2D eigenvalue weighted by Gasteiger charge is -2.30. The molecule has 0 saturated heterocycles. The Balaban J connectivity index is 1.83. The van der Waals surface area contributed by atoms with E-state index in [0.29, 0.717) is 37.1 Å². The average Bonchev–Trinajstić information content (AvgIpc) is 3.05. The number of benzene rings is 2. The van der Waals surface area contributed by atoms with Gasteiger partial charge in [-0.3, -0.25) is 14.4 Å². The maximum absolute atomic E-state index is 13.3.